The van der Waals surface area contributed by atoms with Gasteiger partial charge in [-0.1, -0.05) is 48.5 Å². The second-order valence-corrected chi connectivity index (χ2v) is 6.91. The number of fused-ring (bicyclic) bond motifs is 1. The molecule has 2 aromatic carbocycles. The van der Waals surface area contributed by atoms with E-state index in [2.05, 4.69) is 53.2 Å². The van der Waals surface area contributed by atoms with Crippen molar-refractivity contribution in [1.29, 1.82) is 0 Å². The quantitative estimate of drug-likeness (QED) is 0.469. The summed E-state index contributed by atoms with van der Waals surface area (Å²) in [5, 5.41) is 4.63. The lowest BCUT2D eigenvalue weighted by Crippen LogP contribution is -2.13. The summed E-state index contributed by atoms with van der Waals surface area (Å²) >= 11 is 0. The second kappa shape index (κ2) is 8.39. The fraction of sp³-hybridized carbons (Fsp3) is 0.227. The Hall–Kier alpha value is -2.27. The lowest BCUT2D eigenvalue weighted by Gasteiger charge is -2.15. The summed E-state index contributed by atoms with van der Waals surface area (Å²) in [6, 6.07) is 19.0. The molecule has 28 heavy (non-hydrogen) atoms. The summed E-state index contributed by atoms with van der Waals surface area (Å²) < 4.78 is 8.62. The monoisotopic (exact) mass is 415 g/mol. The molecule has 0 spiro atoms. The number of nitrogens with one attached hydrogen (secondary N) is 1. The zero-order chi connectivity index (χ0) is 17.5. The third-order valence-corrected chi connectivity index (χ3v) is 5.33. The van der Waals surface area contributed by atoms with Crippen LogP contribution in [0.15, 0.2) is 65.3 Å². The van der Waals surface area contributed by atoms with Gasteiger partial charge in [-0.2, -0.15) is 0 Å². The fourth-order valence-corrected chi connectivity index (χ4v) is 3.95. The Morgan fingerprint density at radius 3 is 2.50 bits per heavy atom. The van der Waals surface area contributed by atoms with Crippen molar-refractivity contribution in [2.45, 2.75) is 19.4 Å². The molecule has 0 amide bonds. The van der Waals surface area contributed by atoms with Gasteiger partial charge in [-0.3, -0.25) is 0 Å². The Balaban J connectivity index is 0.00000112. The van der Waals surface area contributed by atoms with Crippen LogP contribution in [0.2, 0.25) is 0 Å². The van der Waals surface area contributed by atoms with Crippen LogP contribution in [0.25, 0.3) is 33.7 Å². The molecule has 1 aliphatic rings. The Kier molecular flexibility index (Phi) is 6.14. The number of rotatable bonds is 3. The fourth-order valence-electron chi connectivity index (χ4n) is 3.95. The molecule has 0 saturated carbocycles. The van der Waals surface area contributed by atoms with Crippen LogP contribution in [0.3, 0.4) is 0 Å². The number of furan rings is 1. The largest absolute Gasteiger partial charge is 0.454 e. The Morgan fingerprint density at radius 2 is 1.79 bits per heavy atom. The van der Waals surface area contributed by atoms with E-state index in [0.29, 0.717) is 6.04 Å². The van der Waals surface area contributed by atoms with Crippen molar-refractivity contribution < 1.29 is 4.42 Å². The lowest BCUT2D eigenvalue weighted by molar-refractivity contribution is 0.538. The van der Waals surface area contributed by atoms with Crippen LogP contribution >= 0.6 is 24.8 Å². The summed E-state index contributed by atoms with van der Waals surface area (Å²) in [5.74, 6) is 0.925. The number of hydrogen-bond acceptors (Lipinski definition) is 3. The average Bonchev–Trinajstić information content (AvgIpc) is 3.41. The first-order valence-electron chi connectivity index (χ1n) is 9.14. The molecule has 1 aliphatic heterocycles. The zero-order valence-corrected chi connectivity index (χ0v) is 17.2. The molecular weight excluding hydrogens is 393 g/mol. The van der Waals surface area contributed by atoms with Crippen LogP contribution in [0.4, 0.5) is 0 Å². The highest BCUT2D eigenvalue weighted by molar-refractivity contribution is 5.90. The van der Waals surface area contributed by atoms with Crippen molar-refractivity contribution >= 4 is 35.8 Å². The molecule has 4 nitrogen and oxygen atoms in total. The molecule has 0 radical (unpaired) electrons. The molecule has 1 fully saturated rings. The van der Waals surface area contributed by atoms with Crippen molar-refractivity contribution in [2.24, 2.45) is 0 Å². The van der Waals surface area contributed by atoms with Crippen LogP contribution in [-0.4, -0.2) is 22.6 Å². The van der Waals surface area contributed by atoms with E-state index in [1.165, 1.54) is 10.9 Å². The Morgan fingerprint density at radius 1 is 1.04 bits per heavy atom. The van der Waals surface area contributed by atoms with Crippen molar-refractivity contribution in [1.82, 2.24) is 14.9 Å². The van der Waals surface area contributed by atoms with Gasteiger partial charge in [0.1, 0.15) is 11.3 Å². The molecule has 1 atom stereocenters. The minimum Gasteiger partial charge on any atom is -0.454 e. The van der Waals surface area contributed by atoms with E-state index in [1.807, 2.05) is 24.5 Å². The predicted molar refractivity (Wildman–Crippen MR) is 119 cm³/mol. The molecule has 5 rings (SSSR count). The van der Waals surface area contributed by atoms with E-state index in [0.717, 1.165) is 47.8 Å². The summed E-state index contributed by atoms with van der Waals surface area (Å²) in [5.41, 5.74) is 5.28. The van der Waals surface area contributed by atoms with Gasteiger partial charge in [-0.25, -0.2) is 4.98 Å². The molecule has 146 valence electrons. The number of halogens is 2. The molecule has 1 unspecified atom stereocenters. The molecule has 0 aliphatic carbocycles. The summed E-state index contributed by atoms with van der Waals surface area (Å²) in [7, 11) is 0. The van der Waals surface area contributed by atoms with Crippen molar-refractivity contribution in [3.8, 4) is 22.7 Å². The van der Waals surface area contributed by atoms with Crippen LogP contribution in [-0.2, 0) is 0 Å². The minimum atomic E-state index is 0. The first kappa shape index (κ1) is 20.5. The summed E-state index contributed by atoms with van der Waals surface area (Å²) in [6.45, 7) is 4.15. The number of benzene rings is 2. The van der Waals surface area contributed by atoms with Gasteiger partial charge in [0.25, 0.3) is 0 Å². The maximum atomic E-state index is 6.32. The van der Waals surface area contributed by atoms with E-state index in [-0.39, 0.29) is 24.8 Å². The number of aromatic nitrogens is 2. The first-order valence-corrected chi connectivity index (χ1v) is 9.14. The zero-order valence-electron chi connectivity index (χ0n) is 15.6. The maximum absolute atomic E-state index is 6.32. The second-order valence-electron chi connectivity index (χ2n) is 6.91. The van der Waals surface area contributed by atoms with Crippen molar-refractivity contribution in [3.63, 3.8) is 0 Å². The van der Waals surface area contributed by atoms with Gasteiger partial charge in [-0.05, 0) is 26.0 Å². The van der Waals surface area contributed by atoms with Gasteiger partial charge in [0.2, 0.25) is 0 Å². The molecular formula is C22H23Cl2N3O. The average molecular weight is 416 g/mol. The molecule has 0 bridgehead atoms. The lowest BCUT2D eigenvalue weighted by atomic mass is 10.0. The first-order chi connectivity index (χ1) is 12.8. The Labute approximate surface area is 176 Å². The van der Waals surface area contributed by atoms with E-state index in [9.17, 15) is 0 Å². The maximum Gasteiger partial charge on any atom is 0.157 e. The van der Waals surface area contributed by atoms with E-state index in [4.69, 9.17) is 9.40 Å². The molecule has 6 heteroatoms. The van der Waals surface area contributed by atoms with Crippen molar-refractivity contribution in [2.75, 3.05) is 13.1 Å². The highest BCUT2D eigenvalue weighted by Gasteiger charge is 2.26. The van der Waals surface area contributed by atoms with Gasteiger partial charge < -0.3 is 14.3 Å². The number of hydrogen-bond donors (Lipinski definition) is 1. The van der Waals surface area contributed by atoms with Gasteiger partial charge in [0.05, 0.1) is 12.0 Å². The van der Waals surface area contributed by atoms with Crippen LogP contribution in [0.1, 0.15) is 18.0 Å². The molecule has 2 aromatic heterocycles. The number of aryl methyl sites for hydroxylation is 1. The number of imidazole rings is 1. The molecule has 3 heterocycles. The van der Waals surface area contributed by atoms with E-state index in [1.54, 1.807) is 0 Å². The summed E-state index contributed by atoms with van der Waals surface area (Å²) in [6.07, 6.45) is 3.08. The van der Waals surface area contributed by atoms with E-state index >= 15 is 0 Å². The highest BCUT2D eigenvalue weighted by atomic mass is 35.5. The summed E-state index contributed by atoms with van der Waals surface area (Å²) in [4.78, 5) is 4.79. The van der Waals surface area contributed by atoms with Crippen LogP contribution < -0.4 is 5.32 Å². The van der Waals surface area contributed by atoms with Crippen LogP contribution in [0, 0.1) is 6.92 Å². The highest BCUT2D eigenvalue weighted by Crippen LogP contribution is 2.39. The van der Waals surface area contributed by atoms with Gasteiger partial charge in [-0.15, -0.1) is 24.8 Å². The standard InChI is InChI=1S/C22H21N3O.2ClH/c1-15-18-9-5-6-10-19(18)26-22(15)21-20(16-7-3-2-4-8-16)24-14-25(21)17-11-12-23-13-17;;/h2-10,14,17,23H,11-13H2,1H3;2*1H. The van der Waals surface area contributed by atoms with Crippen molar-refractivity contribution in [3.05, 3.63) is 66.5 Å². The third kappa shape index (κ3) is 3.32. The molecule has 1 saturated heterocycles. The topological polar surface area (TPSA) is 43.0 Å². The van der Waals surface area contributed by atoms with Crippen LogP contribution in [0.5, 0.6) is 0 Å². The number of nitrogens with zero attached hydrogens (tertiary/aromatic N) is 2. The predicted octanol–water partition coefficient (Wildman–Crippen LogP) is 5.65. The SMILES string of the molecule is Cc1c(-c2c(-c3ccccc3)ncn2C2CCNC2)oc2ccccc12.Cl.Cl. The number of para-hydroxylation sites is 1. The van der Waals surface area contributed by atoms with E-state index < -0.39 is 0 Å². The van der Waals surface area contributed by atoms with Gasteiger partial charge in [0.15, 0.2) is 5.76 Å². The van der Waals surface area contributed by atoms with Gasteiger partial charge >= 0.3 is 0 Å². The third-order valence-electron chi connectivity index (χ3n) is 5.33. The normalized spacial score (nSPS) is 16.0. The molecule has 1 N–H and O–H groups in total. The van der Waals surface area contributed by atoms with Gasteiger partial charge in [0, 0.05) is 29.1 Å². The smallest absolute Gasteiger partial charge is 0.157 e. The molecule has 4 aromatic rings. The minimum absolute atomic E-state index is 0. The Bertz CT molecular complexity index is 1070.